The molecule has 0 saturated carbocycles. The van der Waals surface area contributed by atoms with Crippen LogP contribution in [0.3, 0.4) is 0 Å². The quantitative estimate of drug-likeness (QED) is 0.805. The fraction of sp³-hybridized carbons (Fsp3) is 0.118. The van der Waals surface area contributed by atoms with Crippen molar-refractivity contribution in [2.75, 3.05) is 12.8 Å². The van der Waals surface area contributed by atoms with Crippen LogP contribution in [0.25, 0.3) is 10.8 Å². The minimum Gasteiger partial charge on any atom is -0.382 e. The molecule has 0 spiro atoms. The number of anilines is 1. The molecule has 3 rings (SSSR count). The van der Waals surface area contributed by atoms with Crippen LogP contribution in [0.5, 0.6) is 0 Å². The molecule has 0 aliphatic rings. The van der Waals surface area contributed by atoms with E-state index in [1.807, 2.05) is 18.2 Å². The summed E-state index contributed by atoms with van der Waals surface area (Å²) < 4.78 is 0. The Balaban J connectivity index is 1.82. The third-order valence-corrected chi connectivity index (χ3v) is 3.51. The van der Waals surface area contributed by atoms with E-state index in [0.29, 0.717) is 6.54 Å². The average Bonchev–Trinajstić information content (AvgIpc) is 2.54. The van der Waals surface area contributed by atoms with Crippen molar-refractivity contribution < 1.29 is 4.79 Å². The number of nitrogen functional groups attached to an aromatic ring is 1. The third kappa shape index (κ3) is 2.74. The second-order valence-corrected chi connectivity index (χ2v) is 5.13. The molecule has 1 heterocycles. The van der Waals surface area contributed by atoms with Gasteiger partial charge in [-0.05, 0) is 22.4 Å². The molecule has 0 fully saturated rings. The van der Waals surface area contributed by atoms with Crippen molar-refractivity contribution in [2.45, 2.75) is 6.54 Å². The molecule has 0 aliphatic carbocycles. The summed E-state index contributed by atoms with van der Waals surface area (Å²) in [5.74, 6) is -0.0865. The van der Waals surface area contributed by atoms with Gasteiger partial charge >= 0.3 is 0 Å². The van der Waals surface area contributed by atoms with Crippen LogP contribution in [0.2, 0.25) is 0 Å². The SMILES string of the molecule is CN(Cc1ccc2ccccc2c1)C(=O)c1nccnc1N. The lowest BCUT2D eigenvalue weighted by Gasteiger charge is -2.17. The second kappa shape index (κ2) is 5.81. The number of hydrogen-bond acceptors (Lipinski definition) is 4. The first kappa shape index (κ1) is 14.0. The molecule has 0 atom stereocenters. The van der Waals surface area contributed by atoms with E-state index in [2.05, 4.69) is 34.2 Å². The van der Waals surface area contributed by atoms with Gasteiger partial charge in [0.05, 0.1) is 0 Å². The topological polar surface area (TPSA) is 72.1 Å². The van der Waals surface area contributed by atoms with E-state index < -0.39 is 0 Å². The summed E-state index contributed by atoms with van der Waals surface area (Å²) in [6.45, 7) is 0.486. The molecule has 0 saturated heterocycles. The molecule has 5 heteroatoms. The number of fused-ring (bicyclic) bond motifs is 1. The van der Waals surface area contributed by atoms with Gasteiger partial charge in [0, 0.05) is 26.0 Å². The first-order chi connectivity index (χ1) is 10.6. The van der Waals surface area contributed by atoms with Crippen LogP contribution in [0.4, 0.5) is 5.82 Å². The van der Waals surface area contributed by atoms with Gasteiger partial charge in [-0.2, -0.15) is 0 Å². The number of carbonyl (C=O) groups is 1. The Hall–Kier alpha value is -2.95. The molecule has 0 radical (unpaired) electrons. The Bertz CT molecular complexity index is 832. The van der Waals surface area contributed by atoms with Crippen LogP contribution in [0, 0.1) is 0 Å². The van der Waals surface area contributed by atoms with Crippen molar-refractivity contribution in [3.8, 4) is 0 Å². The van der Waals surface area contributed by atoms with Crippen LogP contribution < -0.4 is 5.73 Å². The molecule has 1 aromatic heterocycles. The van der Waals surface area contributed by atoms with Crippen molar-refractivity contribution in [3.05, 3.63) is 66.1 Å². The molecule has 0 bridgehead atoms. The Kier molecular flexibility index (Phi) is 3.70. The van der Waals surface area contributed by atoms with Crippen LogP contribution in [0.15, 0.2) is 54.9 Å². The predicted molar refractivity (Wildman–Crippen MR) is 86.2 cm³/mol. The van der Waals surface area contributed by atoms with Crippen molar-refractivity contribution in [1.82, 2.24) is 14.9 Å². The Morgan fingerprint density at radius 3 is 2.59 bits per heavy atom. The third-order valence-electron chi connectivity index (χ3n) is 3.51. The van der Waals surface area contributed by atoms with Gasteiger partial charge in [-0.15, -0.1) is 0 Å². The van der Waals surface area contributed by atoms with E-state index in [-0.39, 0.29) is 17.4 Å². The van der Waals surface area contributed by atoms with Gasteiger partial charge in [-0.25, -0.2) is 9.97 Å². The smallest absolute Gasteiger partial charge is 0.276 e. The molecule has 22 heavy (non-hydrogen) atoms. The molecule has 110 valence electrons. The average molecular weight is 292 g/mol. The number of nitrogens with zero attached hydrogens (tertiary/aromatic N) is 3. The van der Waals surface area contributed by atoms with E-state index in [0.717, 1.165) is 10.9 Å². The van der Waals surface area contributed by atoms with Gasteiger partial charge in [0.1, 0.15) is 0 Å². The van der Waals surface area contributed by atoms with Crippen LogP contribution in [-0.4, -0.2) is 27.8 Å². The van der Waals surface area contributed by atoms with Crippen LogP contribution in [0.1, 0.15) is 16.1 Å². The highest BCUT2D eigenvalue weighted by Gasteiger charge is 2.17. The standard InChI is InChI=1S/C17H16N4O/c1-21(17(22)15-16(18)20-9-8-19-15)11-12-6-7-13-4-2-3-5-14(13)10-12/h2-10H,11H2,1H3,(H2,18,20). The largest absolute Gasteiger partial charge is 0.382 e. The van der Waals surface area contributed by atoms with E-state index in [1.54, 1.807) is 11.9 Å². The van der Waals surface area contributed by atoms with Crippen LogP contribution >= 0.6 is 0 Å². The van der Waals surface area contributed by atoms with Crippen molar-refractivity contribution >= 4 is 22.5 Å². The predicted octanol–water partition coefficient (Wildman–Crippen LogP) is 2.48. The van der Waals surface area contributed by atoms with Gasteiger partial charge in [-0.1, -0.05) is 36.4 Å². The number of aromatic nitrogens is 2. The lowest BCUT2D eigenvalue weighted by Crippen LogP contribution is -2.28. The number of hydrogen-bond donors (Lipinski definition) is 1. The summed E-state index contributed by atoms with van der Waals surface area (Å²) in [7, 11) is 1.73. The monoisotopic (exact) mass is 292 g/mol. The number of amides is 1. The highest BCUT2D eigenvalue weighted by molar-refractivity contribution is 5.96. The molecular formula is C17H16N4O. The first-order valence-corrected chi connectivity index (χ1v) is 6.95. The van der Waals surface area contributed by atoms with Gasteiger partial charge in [0.25, 0.3) is 5.91 Å². The van der Waals surface area contributed by atoms with E-state index in [1.165, 1.54) is 17.8 Å². The fourth-order valence-electron chi connectivity index (χ4n) is 2.38. The summed E-state index contributed by atoms with van der Waals surface area (Å²) in [6, 6.07) is 14.3. The lowest BCUT2D eigenvalue weighted by atomic mass is 10.1. The Morgan fingerprint density at radius 2 is 1.82 bits per heavy atom. The number of carbonyl (C=O) groups excluding carboxylic acids is 1. The summed E-state index contributed by atoms with van der Waals surface area (Å²) >= 11 is 0. The van der Waals surface area contributed by atoms with E-state index in [9.17, 15) is 4.79 Å². The minimum absolute atomic E-state index is 0.151. The maximum absolute atomic E-state index is 12.4. The molecule has 2 N–H and O–H groups in total. The number of benzene rings is 2. The zero-order valence-corrected chi connectivity index (χ0v) is 12.2. The van der Waals surface area contributed by atoms with Gasteiger partial charge in [0.15, 0.2) is 11.5 Å². The molecule has 1 amide bonds. The summed E-state index contributed by atoms with van der Waals surface area (Å²) in [4.78, 5) is 21.9. The van der Waals surface area contributed by atoms with Crippen molar-refractivity contribution in [2.24, 2.45) is 0 Å². The molecule has 2 aromatic carbocycles. The molecule has 0 aliphatic heterocycles. The molecule has 3 aromatic rings. The second-order valence-electron chi connectivity index (χ2n) is 5.13. The molecule has 0 unspecified atom stereocenters. The summed E-state index contributed by atoms with van der Waals surface area (Å²) in [5.41, 5.74) is 6.94. The van der Waals surface area contributed by atoms with Crippen molar-refractivity contribution in [1.29, 1.82) is 0 Å². The Labute approximate surface area is 128 Å². The maximum atomic E-state index is 12.4. The molecular weight excluding hydrogens is 276 g/mol. The van der Waals surface area contributed by atoms with E-state index in [4.69, 9.17) is 5.73 Å². The highest BCUT2D eigenvalue weighted by Crippen LogP contribution is 2.17. The van der Waals surface area contributed by atoms with E-state index >= 15 is 0 Å². The van der Waals surface area contributed by atoms with Crippen molar-refractivity contribution in [3.63, 3.8) is 0 Å². The van der Waals surface area contributed by atoms with Gasteiger partial charge in [0.2, 0.25) is 0 Å². The Morgan fingerprint density at radius 1 is 1.09 bits per heavy atom. The summed E-state index contributed by atoms with van der Waals surface area (Å²) in [5, 5.41) is 2.33. The number of nitrogens with two attached hydrogens (primary N) is 1. The zero-order valence-electron chi connectivity index (χ0n) is 12.2. The normalized spacial score (nSPS) is 10.6. The first-order valence-electron chi connectivity index (χ1n) is 6.95. The van der Waals surface area contributed by atoms with Gasteiger partial charge in [-0.3, -0.25) is 4.79 Å². The minimum atomic E-state index is -0.237. The number of rotatable bonds is 3. The maximum Gasteiger partial charge on any atom is 0.276 e. The zero-order chi connectivity index (χ0) is 15.5. The van der Waals surface area contributed by atoms with Gasteiger partial charge < -0.3 is 10.6 Å². The highest BCUT2D eigenvalue weighted by atomic mass is 16.2. The summed E-state index contributed by atoms with van der Waals surface area (Å²) in [6.07, 6.45) is 2.93. The fourth-order valence-corrected chi connectivity index (χ4v) is 2.38. The molecule has 5 nitrogen and oxygen atoms in total. The lowest BCUT2D eigenvalue weighted by molar-refractivity contribution is 0.0780. The van der Waals surface area contributed by atoms with Crippen LogP contribution in [-0.2, 0) is 6.54 Å².